The fourth-order valence-electron chi connectivity index (χ4n) is 2.53. The Kier molecular flexibility index (Phi) is 4.24. The number of hydrogen-bond acceptors (Lipinski definition) is 5. The molecule has 1 fully saturated rings. The molecule has 1 saturated heterocycles. The summed E-state index contributed by atoms with van der Waals surface area (Å²) in [6.07, 6.45) is 1.80. The average Bonchev–Trinajstić information content (AvgIpc) is 2.56. The molecule has 1 aliphatic rings. The van der Waals surface area contributed by atoms with Crippen molar-refractivity contribution in [2.75, 3.05) is 36.0 Å². The molecule has 0 spiro atoms. The van der Waals surface area contributed by atoms with E-state index in [4.69, 9.17) is 0 Å². The highest BCUT2D eigenvalue weighted by molar-refractivity contribution is 9.10. The van der Waals surface area contributed by atoms with Crippen LogP contribution in [0, 0.1) is 10.1 Å². The molecular formula is C15H15BrN4O2. The summed E-state index contributed by atoms with van der Waals surface area (Å²) >= 11 is 3.39. The second kappa shape index (κ2) is 6.31. The molecule has 0 aliphatic carbocycles. The molecule has 0 saturated carbocycles. The fourth-order valence-corrected chi connectivity index (χ4v) is 2.77. The van der Waals surface area contributed by atoms with Crippen molar-refractivity contribution in [3.63, 3.8) is 0 Å². The summed E-state index contributed by atoms with van der Waals surface area (Å²) in [6.45, 7) is 3.50. The van der Waals surface area contributed by atoms with Crippen LogP contribution < -0.4 is 9.80 Å². The molecule has 114 valence electrons. The summed E-state index contributed by atoms with van der Waals surface area (Å²) < 4.78 is 0.973. The number of halogens is 1. The van der Waals surface area contributed by atoms with Gasteiger partial charge in [0.1, 0.15) is 5.82 Å². The van der Waals surface area contributed by atoms with Crippen molar-refractivity contribution < 1.29 is 4.92 Å². The molecule has 0 unspecified atom stereocenters. The maximum absolute atomic E-state index is 10.7. The van der Waals surface area contributed by atoms with Gasteiger partial charge in [0, 0.05) is 54.7 Å². The topological polar surface area (TPSA) is 62.5 Å². The van der Waals surface area contributed by atoms with Crippen LogP contribution in [0.2, 0.25) is 0 Å². The van der Waals surface area contributed by atoms with Crippen LogP contribution in [-0.2, 0) is 0 Å². The maximum atomic E-state index is 10.7. The fraction of sp³-hybridized carbons (Fsp3) is 0.267. The summed E-state index contributed by atoms with van der Waals surface area (Å²) in [4.78, 5) is 19.2. The molecule has 2 aromatic rings. The first-order valence-corrected chi connectivity index (χ1v) is 7.79. The van der Waals surface area contributed by atoms with Gasteiger partial charge in [-0.2, -0.15) is 0 Å². The van der Waals surface area contributed by atoms with Gasteiger partial charge in [-0.05, 0) is 40.2 Å². The van der Waals surface area contributed by atoms with Crippen LogP contribution in [0.1, 0.15) is 0 Å². The zero-order valence-electron chi connectivity index (χ0n) is 11.9. The third-order valence-corrected chi connectivity index (χ3v) is 4.21. The molecule has 0 atom stereocenters. The molecule has 2 heterocycles. The maximum Gasteiger partial charge on any atom is 0.269 e. The first-order valence-electron chi connectivity index (χ1n) is 6.99. The Hall–Kier alpha value is -2.15. The molecule has 7 heteroatoms. The predicted molar refractivity (Wildman–Crippen MR) is 89.5 cm³/mol. The Morgan fingerprint density at radius 2 is 1.64 bits per heavy atom. The van der Waals surface area contributed by atoms with Gasteiger partial charge < -0.3 is 9.80 Å². The first-order chi connectivity index (χ1) is 10.6. The van der Waals surface area contributed by atoms with Crippen molar-refractivity contribution in [1.82, 2.24) is 4.98 Å². The molecule has 3 rings (SSSR count). The Bertz CT molecular complexity index is 652. The number of hydrogen-bond donors (Lipinski definition) is 0. The van der Waals surface area contributed by atoms with E-state index in [9.17, 15) is 10.1 Å². The Labute approximate surface area is 136 Å². The molecule has 0 N–H and O–H groups in total. The SMILES string of the molecule is O=[N+]([O-])c1ccc(N2CCN(c3ccc(Br)cn3)CC2)cc1. The number of piperazine rings is 1. The molecule has 0 bridgehead atoms. The van der Waals surface area contributed by atoms with Gasteiger partial charge in [0.2, 0.25) is 0 Å². The summed E-state index contributed by atoms with van der Waals surface area (Å²) in [5.41, 5.74) is 1.15. The number of pyridine rings is 1. The summed E-state index contributed by atoms with van der Waals surface area (Å²) in [5, 5.41) is 10.7. The summed E-state index contributed by atoms with van der Waals surface area (Å²) in [5.74, 6) is 0.978. The minimum absolute atomic E-state index is 0.126. The van der Waals surface area contributed by atoms with Gasteiger partial charge in [0.15, 0.2) is 0 Å². The van der Waals surface area contributed by atoms with Crippen molar-refractivity contribution in [3.05, 3.63) is 57.2 Å². The smallest absolute Gasteiger partial charge is 0.269 e. The number of non-ortho nitro benzene ring substituents is 1. The first kappa shape index (κ1) is 14.8. The van der Waals surface area contributed by atoms with E-state index in [0.29, 0.717) is 0 Å². The highest BCUT2D eigenvalue weighted by atomic mass is 79.9. The van der Waals surface area contributed by atoms with E-state index in [2.05, 4.69) is 30.7 Å². The molecule has 6 nitrogen and oxygen atoms in total. The van der Waals surface area contributed by atoms with Gasteiger partial charge in [-0.25, -0.2) is 4.98 Å². The van der Waals surface area contributed by atoms with Gasteiger partial charge in [-0.3, -0.25) is 10.1 Å². The molecule has 0 amide bonds. The van der Waals surface area contributed by atoms with Gasteiger partial charge in [-0.15, -0.1) is 0 Å². The van der Waals surface area contributed by atoms with Crippen LogP contribution >= 0.6 is 15.9 Å². The number of anilines is 2. The Morgan fingerprint density at radius 1 is 1.00 bits per heavy atom. The quantitative estimate of drug-likeness (QED) is 0.620. The Balaban J connectivity index is 1.63. The molecule has 1 aliphatic heterocycles. The van der Waals surface area contributed by atoms with E-state index < -0.39 is 0 Å². The van der Waals surface area contributed by atoms with E-state index in [1.54, 1.807) is 18.3 Å². The van der Waals surface area contributed by atoms with E-state index in [-0.39, 0.29) is 10.6 Å². The second-order valence-electron chi connectivity index (χ2n) is 5.08. The number of nitro groups is 1. The number of nitrogens with zero attached hydrogens (tertiary/aromatic N) is 4. The van der Waals surface area contributed by atoms with Crippen molar-refractivity contribution in [2.45, 2.75) is 0 Å². The van der Waals surface area contributed by atoms with Gasteiger partial charge >= 0.3 is 0 Å². The lowest BCUT2D eigenvalue weighted by molar-refractivity contribution is -0.384. The summed E-state index contributed by atoms with van der Waals surface area (Å²) in [7, 11) is 0. The largest absolute Gasteiger partial charge is 0.368 e. The number of rotatable bonds is 3. The minimum Gasteiger partial charge on any atom is -0.368 e. The zero-order valence-corrected chi connectivity index (χ0v) is 13.4. The van der Waals surface area contributed by atoms with Crippen LogP contribution in [0.5, 0.6) is 0 Å². The predicted octanol–water partition coefficient (Wildman–Crippen LogP) is 3.08. The molecule has 1 aromatic heterocycles. The van der Waals surface area contributed by atoms with E-state index in [1.807, 2.05) is 24.3 Å². The zero-order chi connectivity index (χ0) is 15.5. The lowest BCUT2D eigenvalue weighted by atomic mass is 10.2. The van der Waals surface area contributed by atoms with Crippen molar-refractivity contribution in [1.29, 1.82) is 0 Å². The standard InChI is InChI=1S/C15H15BrN4O2/c16-12-1-6-15(17-11-12)19-9-7-18(8-10-19)13-2-4-14(5-3-13)20(21)22/h1-6,11H,7-10H2. The van der Waals surface area contributed by atoms with Crippen LogP contribution in [-0.4, -0.2) is 36.1 Å². The van der Waals surface area contributed by atoms with Crippen molar-refractivity contribution in [3.8, 4) is 0 Å². The van der Waals surface area contributed by atoms with Gasteiger partial charge in [0.05, 0.1) is 4.92 Å². The van der Waals surface area contributed by atoms with Crippen LogP contribution in [0.4, 0.5) is 17.2 Å². The third kappa shape index (κ3) is 3.19. The van der Waals surface area contributed by atoms with E-state index >= 15 is 0 Å². The van der Waals surface area contributed by atoms with Crippen molar-refractivity contribution in [2.24, 2.45) is 0 Å². The summed E-state index contributed by atoms with van der Waals surface area (Å²) in [6, 6.07) is 10.7. The number of aromatic nitrogens is 1. The Morgan fingerprint density at radius 3 is 2.18 bits per heavy atom. The molecule has 1 aromatic carbocycles. The minimum atomic E-state index is -0.374. The lowest BCUT2D eigenvalue weighted by Crippen LogP contribution is -2.46. The van der Waals surface area contributed by atoms with E-state index in [1.165, 1.54) is 0 Å². The highest BCUT2D eigenvalue weighted by Gasteiger charge is 2.18. The van der Waals surface area contributed by atoms with Crippen LogP contribution in [0.15, 0.2) is 47.1 Å². The molecular weight excluding hydrogens is 348 g/mol. The van der Waals surface area contributed by atoms with Crippen molar-refractivity contribution >= 4 is 33.1 Å². The van der Waals surface area contributed by atoms with Crippen LogP contribution in [0.3, 0.4) is 0 Å². The monoisotopic (exact) mass is 362 g/mol. The van der Waals surface area contributed by atoms with Gasteiger partial charge in [0.25, 0.3) is 5.69 Å². The number of nitro benzene ring substituents is 1. The van der Waals surface area contributed by atoms with Crippen LogP contribution in [0.25, 0.3) is 0 Å². The third-order valence-electron chi connectivity index (χ3n) is 3.74. The van der Waals surface area contributed by atoms with Gasteiger partial charge in [-0.1, -0.05) is 0 Å². The number of benzene rings is 1. The van der Waals surface area contributed by atoms with E-state index in [0.717, 1.165) is 42.2 Å². The average molecular weight is 363 g/mol. The molecule has 22 heavy (non-hydrogen) atoms. The lowest BCUT2D eigenvalue weighted by Gasteiger charge is -2.36. The molecule has 0 radical (unpaired) electrons. The normalized spacial score (nSPS) is 15.0. The second-order valence-corrected chi connectivity index (χ2v) is 6.00. The highest BCUT2D eigenvalue weighted by Crippen LogP contribution is 2.22.